The third-order valence-electron chi connectivity index (χ3n) is 6.04. The molecule has 0 heterocycles. The lowest BCUT2D eigenvalue weighted by molar-refractivity contribution is -0.906. The lowest BCUT2D eigenvalue weighted by Crippen LogP contribution is -2.46. The van der Waals surface area contributed by atoms with Crippen molar-refractivity contribution in [2.75, 3.05) is 33.3 Å². The Morgan fingerprint density at radius 1 is 1.20 bits per heavy atom. The fourth-order valence-corrected chi connectivity index (χ4v) is 3.70. The molecule has 0 radical (unpaired) electrons. The molecule has 1 fully saturated rings. The molecule has 0 aliphatic heterocycles. The predicted octanol–water partition coefficient (Wildman–Crippen LogP) is 3.35. The van der Waals surface area contributed by atoms with Gasteiger partial charge in [-0.05, 0) is 38.2 Å². The van der Waals surface area contributed by atoms with Gasteiger partial charge in [-0.15, -0.1) is 0 Å². The molecule has 25 heavy (non-hydrogen) atoms. The van der Waals surface area contributed by atoms with Crippen LogP contribution >= 0.6 is 0 Å². The van der Waals surface area contributed by atoms with Gasteiger partial charge >= 0.3 is 5.97 Å². The van der Waals surface area contributed by atoms with Crippen molar-refractivity contribution in [3.05, 3.63) is 35.9 Å². The third kappa shape index (κ3) is 5.29. The van der Waals surface area contributed by atoms with E-state index in [1.54, 1.807) is 0 Å². The molecule has 1 aromatic carbocycles. The summed E-state index contributed by atoms with van der Waals surface area (Å²) in [5, 5.41) is 10.9. The first kappa shape index (κ1) is 19.9. The second-order valence-electron chi connectivity index (χ2n) is 7.57. The summed E-state index contributed by atoms with van der Waals surface area (Å²) in [4.78, 5) is 12.8. The smallest absolute Gasteiger partial charge is 0.316 e. The molecule has 0 aromatic heterocycles. The molecule has 2 atom stereocenters. The first-order chi connectivity index (χ1) is 12.0. The Balaban J connectivity index is 2.05. The van der Waals surface area contributed by atoms with Crippen molar-refractivity contribution in [3.63, 3.8) is 0 Å². The standard InChI is InChI=1S/C21H34NO3/c1-4-22(3,5-2)15-16-25-21(24)19(17-11-7-6-8-12-17)20(23)18-13-9-10-14-18/h6-8,11-12,18-20,23H,4-5,9-10,13-16H2,1-3H3/q+1/t19-,20+/m1/s1. The zero-order valence-corrected chi connectivity index (χ0v) is 16.0. The maximum Gasteiger partial charge on any atom is 0.316 e. The molecule has 1 N–H and O–H groups in total. The number of carbonyl (C=O) groups is 1. The molecule has 0 unspecified atom stereocenters. The highest BCUT2D eigenvalue weighted by Crippen LogP contribution is 2.35. The number of ether oxygens (including phenoxy) is 1. The highest BCUT2D eigenvalue weighted by Gasteiger charge is 2.36. The molecule has 4 nitrogen and oxygen atoms in total. The van der Waals surface area contributed by atoms with Crippen molar-refractivity contribution in [2.24, 2.45) is 5.92 Å². The second kappa shape index (κ2) is 9.35. The Morgan fingerprint density at radius 2 is 1.80 bits per heavy atom. The first-order valence-electron chi connectivity index (χ1n) is 9.74. The van der Waals surface area contributed by atoms with Crippen LogP contribution in [0, 0.1) is 5.92 Å². The van der Waals surface area contributed by atoms with Crippen LogP contribution in [0.3, 0.4) is 0 Å². The van der Waals surface area contributed by atoms with E-state index in [0.717, 1.165) is 55.4 Å². The van der Waals surface area contributed by atoms with E-state index in [2.05, 4.69) is 20.9 Å². The molecule has 1 aliphatic carbocycles. The summed E-state index contributed by atoms with van der Waals surface area (Å²) in [6, 6.07) is 9.60. The average Bonchev–Trinajstić information content (AvgIpc) is 3.17. The predicted molar refractivity (Wildman–Crippen MR) is 100 cm³/mol. The molecule has 1 aliphatic rings. The minimum atomic E-state index is -0.657. The number of carbonyl (C=O) groups excluding carboxylic acids is 1. The summed E-state index contributed by atoms with van der Waals surface area (Å²) < 4.78 is 6.51. The summed E-state index contributed by atoms with van der Waals surface area (Å²) in [7, 11) is 2.18. The Hall–Kier alpha value is -1.39. The monoisotopic (exact) mass is 348 g/mol. The molecule has 0 spiro atoms. The molecule has 0 bridgehead atoms. The van der Waals surface area contributed by atoms with Gasteiger partial charge in [-0.2, -0.15) is 0 Å². The molecule has 0 saturated heterocycles. The molecule has 1 aromatic rings. The molecule has 2 rings (SSSR count). The van der Waals surface area contributed by atoms with E-state index < -0.39 is 12.0 Å². The molecule has 0 amide bonds. The lowest BCUT2D eigenvalue weighted by Gasteiger charge is -2.32. The van der Waals surface area contributed by atoms with Crippen LogP contribution in [0.25, 0.3) is 0 Å². The van der Waals surface area contributed by atoms with Crippen molar-refractivity contribution >= 4 is 5.97 Å². The van der Waals surface area contributed by atoms with Gasteiger partial charge in [0.2, 0.25) is 0 Å². The maximum absolute atomic E-state index is 12.8. The number of rotatable bonds is 9. The van der Waals surface area contributed by atoms with Gasteiger partial charge in [-0.1, -0.05) is 43.2 Å². The van der Waals surface area contributed by atoms with Gasteiger partial charge in [0.1, 0.15) is 19.1 Å². The van der Waals surface area contributed by atoms with Crippen molar-refractivity contribution in [1.29, 1.82) is 0 Å². The quantitative estimate of drug-likeness (QED) is 0.550. The van der Waals surface area contributed by atoms with Gasteiger partial charge in [-0.3, -0.25) is 4.79 Å². The van der Waals surface area contributed by atoms with E-state index in [9.17, 15) is 9.90 Å². The van der Waals surface area contributed by atoms with Crippen LogP contribution in [0.1, 0.15) is 51.0 Å². The van der Waals surface area contributed by atoms with Crippen LogP contribution in [0.15, 0.2) is 30.3 Å². The van der Waals surface area contributed by atoms with Gasteiger partial charge in [0, 0.05) is 0 Å². The highest BCUT2D eigenvalue weighted by atomic mass is 16.5. The fraction of sp³-hybridized carbons (Fsp3) is 0.667. The third-order valence-corrected chi connectivity index (χ3v) is 6.04. The van der Waals surface area contributed by atoms with Crippen LogP contribution in [0.2, 0.25) is 0 Å². The summed E-state index contributed by atoms with van der Waals surface area (Å²) >= 11 is 0. The molecule has 1 saturated carbocycles. The topological polar surface area (TPSA) is 46.5 Å². The second-order valence-corrected chi connectivity index (χ2v) is 7.57. The van der Waals surface area contributed by atoms with E-state index in [1.807, 2.05) is 30.3 Å². The number of aliphatic hydroxyl groups excluding tert-OH is 1. The number of quaternary nitrogens is 1. The number of likely N-dealkylation sites (N-methyl/N-ethyl adjacent to an activating group) is 1. The Bertz CT molecular complexity index is 521. The van der Waals surface area contributed by atoms with Crippen molar-refractivity contribution in [3.8, 4) is 0 Å². The van der Waals surface area contributed by atoms with E-state index >= 15 is 0 Å². The van der Waals surface area contributed by atoms with Crippen molar-refractivity contribution < 1.29 is 19.1 Å². The molecule has 4 heteroatoms. The van der Waals surface area contributed by atoms with Crippen LogP contribution in [0.4, 0.5) is 0 Å². The van der Waals surface area contributed by atoms with E-state index in [-0.39, 0.29) is 11.9 Å². The zero-order chi connectivity index (χ0) is 18.3. The zero-order valence-electron chi connectivity index (χ0n) is 16.0. The minimum Gasteiger partial charge on any atom is -0.459 e. The van der Waals surface area contributed by atoms with Crippen LogP contribution in [-0.2, 0) is 9.53 Å². The Labute approximate surface area is 152 Å². The van der Waals surface area contributed by atoms with Crippen molar-refractivity contribution in [2.45, 2.75) is 51.6 Å². The lowest BCUT2D eigenvalue weighted by atomic mass is 9.85. The number of benzene rings is 1. The molecule has 140 valence electrons. The molecular formula is C21H34NO3+. The average molecular weight is 349 g/mol. The summed E-state index contributed by atoms with van der Waals surface area (Å²) in [6.45, 7) is 7.54. The van der Waals surface area contributed by atoms with Crippen LogP contribution in [-0.4, -0.2) is 55.0 Å². The van der Waals surface area contributed by atoms with Crippen LogP contribution in [0.5, 0.6) is 0 Å². The summed E-state index contributed by atoms with van der Waals surface area (Å²) in [5.74, 6) is -0.666. The summed E-state index contributed by atoms with van der Waals surface area (Å²) in [5.41, 5.74) is 0.857. The van der Waals surface area contributed by atoms with Gasteiger partial charge in [0.05, 0.1) is 26.2 Å². The minimum absolute atomic E-state index is 0.199. The van der Waals surface area contributed by atoms with Gasteiger partial charge < -0.3 is 14.3 Å². The number of aliphatic hydroxyl groups is 1. The maximum atomic E-state index is 12.8. The normalized spacial score (nSPS) is 18.1. The highest BCUT2D eigenvalue weighted by molar-refractivity contribution is 5.79. The Morgan fingerprint density at radius 3 is 2.36 bits per heavy atom. The number of hydrogen-bond acceptors (Lipinski definition) is 3. The van der Waals surface area contributed by atoms with Gasteiger partial charge in [0.15, 0.2) is 0 Å². The van der Waals surface area contributed by atoms with E-state index in [0.29, 0.717) is 6.61 Å². The summed E-state index contributed by atoms with van der Waals surface area (Å²) in [6.07, 6.45) is 3.62. The van der Waals surface area contributed by atoms with Gasteiger partial charge in [-0.25, -0.2) is 0 Å². The number of hydrogen-bond donors (Lipinski definition) is 1. The van der Waals surface area contributed by atoms with E-state index in [1.165, 1.54) is 0 Å². The van der Waals surface area contributed by atoms with Crippen LogP contribution < -0.4 is 0 Å². The largest absolute Gasteiger partial charge is 0.459 e. The van der Waals surface area contributed by atoms with Crippen molar-refractivity contribution in [1.82, 2.24) is 0 Å². The molecular weight excluding hydrogens is 314 g/mol. The number of nitrogens with zero attached hydrogens (tertiary/aromatic N) is 1. The fourth-order valence-electron chi connectivity index (χ4n) is 3.70. The Kier molecular flexibility index (Phi) is 7.45. The van der Waals surface area contributed by atoms with Gasteiger partial charge in [0.25, 0.3) is 0 Å². The van der Waals surface area contributed by atoms with E-state index in [4.69, 9.17) is 4.74 Å². The number of esters is 1. The SMILES string of the molecule is CC[N+](C)(CC)CCOC(=O)[C@H](c1ccccc1)[C@@H](O)C1CCCC1. The first-order valence-corrected chi connectivity index (χ1v) is 9.74.